The molecule has 2 aromatic carbocycles. The standard InChI is InChI=1S/C17H21N3/c1-19(2)14-7-5-12-9-13-6-8-15(20(3)4)11-17(13)18-16(12)10-14/h5-8,10-11,18H,9H2,1-4H3. The largest absolute Gasteiger partial charge is 0.378 e. The zero-order valence-electron chi connectivity index (χ0n) is 12.6. The zero-order chi connectivity index (χ0) is 14.3. The molecule has 1 N–H and O–H groups in total. The van der Waals surface area contributed by atoms with E-state index in [1.54, 1.807) is 0 Å². The summed E-state index contributed by atoms with van der Waals surface area (Å²) in [6.07, 6.45) is 0.999. The Bertz CT molecular complexity index is 589. The Labute approximate surface area is 120 Å². The van der Waals surface area contributed by atoms with Gasteiger partial charge in [-0.2, -0.15) is 0 Å². The molecule has 0 amide bonds. The maximum Gasteiger partial charge on any atom is 0.0441 e. The van der Waals surface area contributed by atoms with Gasteiger partial charge in [0.1, 0.15) is 0 Å². The second-order valence-corrected chi connectivity index (χ2v) is 5.77. The Morgan fingerprint density at radius 1 is 0.750 bits per heavy atom. The van der Waals surface area contributed by atoms with Gasteiger partial charge in [0.25, 0.3) is 0 Å². The van der Waals surface area contributed by atoms with Crippen LogP contribution in [-0.4, -0.2) is 28.2 Å². The number of hydrogen-bond acceptors (Lipinski definition) is 3. The normalized spacial score (nSPS) is 12.2. The van der Waals surface area contributed by atoms with Crippen LogP contribution in [0, 0.1) is 0 Å². The van der Waals surface area contributed by atoms with Crippen LogP contribution in [0.1, 0.15) is 11.1 Å². The molecule has 0 fully saturated rings. The Kier molecular flexibility index (Phi) is 3.05. The highest BCUT2D eigenvalue weighted by Gasteiger charge is 2.16. The first-order chi connectivity index (χ1) is 9.54. The summed E-state index contributed by atoms with van der Waals surface area (Å²) in [5.41, 5.74) is 7.62. The van der Waals surface area contributed by atoms with E-state index in [0.29, 0.717) is 0 Å². The van der Waals surface area contributed by atoms with Crippen LogP contribution in [0.2, 0.25) is 0 Å². The highest BCUT2D eigenvalue weighted by molar-refractivity contribution is 5.77. The van der Waals surface area contributed by atoms with Gasteiger partial charge in [0.05, 0.1) is 0 Å². The van der Waals surface area contributed by atoms with Crippen LogP contribution in [0.25, 0.3) is 0 Å². The summed E-state index contributed by atoms with van der Waals surface area (Å²) in [5.74, 6) is 0. The van der Waals surface area contributed by atoms with E-state index in [2.05, 4.69) is 79.7 Å². The number of benzene rings is 2. The predicted octanol–water partition coefficient (Wildman–Crippen LogP) is 3.47. The van der Waals surface area contributed by atoms with E-state index in [4.69, 9.17) is 0 Å². The average Bonchev–Trinajstić information content (AvgIpc) is 2.43. The third-order valence-electron chi connectivity index (χ3n) is 3.87. The molecule has 3 heteroatoms. The molecule has 0 radical (unpaired) electrons. The lowest BCUT2D eigenvalue weighted by molar-refractivity contribution is 1.10. The fourth-order valence-corrected chi connectivity index (χ4v) is 2.58. The number of hydrogen-bond donors (Lipinski definition) is 1. The number of nitrogens with zero attached hydrogens (tertiary/aromatic N) is 2. The van der Waals surface area contributed by atoms with Crippen molar-refractivity contribution < 1.29 is 0 Å². The SMILES string of the molecule is CN(C)c1ccc2c(c1)Nc1cc(N(C)C)ccc1C2. The van der Waals surface area contributed by atoms with Crippen molar-refractivity contribution in [2.45, 2.75) is 6.42 Å². The maximum atomic E-state index is 3.58. The summed E-state index contributed by atoms with van der Waals surface area (Å²) in [4.78, 5) is 4.27. The average molecular weight is 267 g/mol. The molecule has 104 valence electrons. The van der Waals surface area contributed by atoms with Gasteiger partial charge in [-0.3, -0.25) is 0 Å². The van der Waals surface area contributed by atoms with Gasteiger partial charge in [-0.05, 0) is 35.4 Å². The summed E-state index contributed by atoms with van der Waals surface area (Å²) in [5, 5.41) is 3.58. The lowest BCUT2D eigenvalue weighted by atomic mass is 9.96. The van der Waals surface area contributed by atoms with Crippen molar-refractivity contribution in [3.63, 3.8) is 0 Å². The molecule has 0 atom stereocenters. The van der Waals surface area contributed by atoms with Crippen molar-refractivity contribution in [2.24, 2.45) is 0 Å². The Morgan fingerprint density at radius 2 is 1.20 bits per heavy atom. The van der Waals surface area contributed by atoms with E-state index >= 15 is 0 Å². The van der Waals surface area contributed by atoms with Crippen LogP contribution < -0.4 is 15.1 Å². The Hall–Kier alpha value is -2.16. The minimum atomic E-state index is 0.999. The zero-order valence-corrected chi connectivity index (χ0v) is 12.6. The van der Waals surface area contributed by atoms with E-state index in [0.717, 1.165) is 6.42 Å². The molecule has 0 aromatic heterocycles. The summed E-state index contributed by atoms with van der Waals surface area (Å²) < 4.78 is 0. The lowest BCUT2D eigenvalue weighted by Crippen LogP contribution is -2.13. The molecule has 0 saturated carbocycles. The van der Waals surface area contributed by atoms with E-state index < -0.39 is 0 Å². The van der Waals surface area contributed by atoms with Crippen molar-refractivity contribution in [3.8, 4) is 0 Å². The molecule has 1 aliphatic rings. The molecule has 0 bridgehead atoms. The van der Waals surface area contributed by atoms with Gasteiger partial charge in [0.15, 0.2) is 0 Å². The molecule has 0 unspecified atom stereocenters. The molecular formula is C17H21N3. The van der Waals surface area contributed by atoms with Crippen molar-refractivity contribution in [1.29, 1.82) is 0 Å². The molecule has 1 aliphatic heterocycles. The van der Waals surface area contributed by atoms with E-state index in [9.17, 15) is 0 Å². The highest BCUT2D eigenvalue weighted by atomic mass is 15.1. The molecule has 0 saturated heterocycles. The maximum absolute atomic E-state index is 3.58. The van der Waals surface area contributed by atoms with Crippen LogP contribution in [0.5, 0.6) is 0 Å². The van der Waals surface area contributed by atoms with Crippen LogP contribution in [0.4, 0.5) is 22.7 Å². The molecule has 3 nitrogen and oxygen atoms in total. The van der Waals surface area contributed by atoms with E-state index in [1.165, 1.54) is 33.9 Å². The fraction of sp³-hybridized carbons (Fsp3) is 0.294. The summed E-state index contributed by atoms with van der Waals surface area (Å²) in [7, 11) is 8.29. The topological polar surface area (TPSA) is 18.5 Å². The third-order valence-corrected chi connectivity index (χ3v) is 3.87. The van der Waals surface area contributed by atoms with Gasteiger partial charge in [-0.1, -0.05) is 12.1 Å². The monoisotopic (exact) mass is 267 g/mol. The van der Waals surface area contributed by atoms with E-state index in [1.807, 2.05) is 0 Å². The minimum absolute atomic E-state index is 0.999. The van der Waals surface area contributed by atoms with Crippen molar-refractivity contribution >= 4 is 22.7 Å². The molecular weight excluding hydrogens is 246 g/mol. The van der Waals surface area contributed by atoms with Crippen molar-refractivity contribution in [3.05, 3.63) is 47.5 Å². The molecule has 2 aromatic rings. The predicted molar refractivity (Wildman–Crippen MR) is 87.6 cm³/mol. The first-order valence-electron chi connectivity index (χ1n) is 6.92. The van der Waals surface area contributed by atoms with E-state index in [-0.39, 0.29) is 0 Å². The first-order valence-corrected chi connectivity index (χ1v) is 6.92. The van der Waals surface area contributed by atoms with Crippen LogP contribution in [0.15, 0.2) is 36.4 Å². The van der Waals surface area contributed by atoms with Gasteiger partial charge in [0, 0.05) is 57.4 Å². The molecule has 3 rings (SSSR count). The third kappa shape index (κ3) is 2.20. The number of nitrogens with one attached hydrogen (secondary N) is 1. The van der Waals surface area contributed by atoms with Gasteiger partial charge in [0.2, 0.25) is 0 Å². The minimum Gasteiger partial charge on any atom is -0.378 e. The number of rotatable bonds is 2. The highest BCUT2D eigenvalue weighted by Crippen LogP contribution is 2.36. The fourth-order valence-electron chi connectivity index (χ4n) is 2.58. The number of anilines is 4. The second kappa shape index (κ2) is 4.75. The van der Waals surface area contributed by atoms with Crippen LogP contribution >= 0.6 is 0 Å². The van der Waals surface area contributed by atoms with Crippen LogP contribution in [-0.2, 0) is 6.42 Å². The molecule has 20 heavy (non-hydrogen) atoms. The first kappa shape index (κ1) is 12.9. The molecule has 0 spiro atoms. The summed E-state index contributed by atoms with van der Waals surface area (Å²) in [6, 6.07) is 13.3. The van der Waals surface area contributed by atoms with Crippen LogP contribution in [0.3, 0.4) is 0 Å². The molecule has 1 heterocycles. The Balaban J connectivity index is 1.99. The van der Waals surface area contributed by atoms with Crippen molar-refractivity contribution in [1.82, 2.24) is 0 Å². The number of fused-ring (bicyclic) bond motifs is 2. The summed E-state index contributed by atoms with van der Waals surface area (Å²) in [6.45, 7) is 0. The second-order valence-electron chi connectivity index (χ2n) is 5.77. The van der Waals surface area contributed by atoms with Gasteiger partial charge in [-0.15, -0.1) is 0 Å². The summed E-state index contributed by atoms with van der Waals surface area (Å²) >= 11 is 0. The quantitative estimate of drug-likeness (QED) is 0.767. The van der Waals surface area contributed by atoms with Crippen molar-refractivity contribution in [2.75, 3.05) is 43.3 Å². The van der Waals surface area contributed by atoms with Gasteiger partial charge < -0.3 is 15.1 Å². The smallest absolute Gasteiger partial charge is 0.0441 e. The van der Waals surface area contributed by atoms with Gasteiger partial charge >= 0.3 is 0 Å². The molecule has 0 aliphatic carbocycles. The Morgan fingerprint density at radius 3 is 1.60 bits per heavy atom. The van der Waals surface area contributed by atoms with Gasteiger partial charge in [-0.25, -0.2) is 0 Å². The lowest BCUT2D eigenvalue weighted by Gasteiger charge is -2.25.